The fourth-order valence-electron chi connectivity index (χ4n) is 1.14. The van der Waals surface area contributed by atoms with Crippen LogP contribution in [0.25, 0.3) is 0 Å². The molecule has 6 heteroatoms. The fourth-order valence-corrected chi connectivity index (χ4v) is 1.43. The lowest BCUT2D eigenvalue weighted by atomic mass is 10.2. The van der Waals surface area contributed by atoms with Crippen LogP contribution in [0.2, 0.25) is 10.2 Å². The van der Waals surface area contributed by atoms with Crippen LogP contribution < -0.4 is 5.43 Å². The number of nitrogens with zero attached hydrogens (tertiary/aromatic N) is 3. The van der Waals surface area contributed by atoms with Gasteiger partial charge >= 0.3 is 0 Å². The summed E-state index contributed by atoms with van der Waals surface area (Å²) in [6.07, 6.45) is 1.64. The number of nitrogens with one attached hydrogen (secondary N) is 1. The van der Waals surface area contributed by atoms with Gasteiger partial charge in [0.25, 0.3) is 0 Å². The lowest BCUT2D eigenvalue weighted by Crippen LogP contribution is -1.94. The van der Waals surface area contributed by atoms with E-state index in [9.17, 15) is 0 Å². The SMILES string of the molecule is Clc1cccc(/C=N/Nc2ccc(Cl)nn2)c1. The predicted molar refractivity (Wildman–Crippen MR) is 69.7 cm³/mol. The van der Waals surface area contributed by atoms with Gasteiger partial charge in [0, 0.05) is 5.02 Å². The summed E-state index contributed by atoms with van der Waals surface area (Å²) in [5, 5.41) is 12.5. The quantitative estimate of drug-likeness (QED) is 0.686. The van der Waals surface area contributed by atoms with Crippen LogP contribution in [0.15, 0.2) is 41.5 Å². The van der Waals surface area contributed by atoms with Crippen molar-refractivity contribution in [2.45, 2.75) is 0 Å². The second-order valence-corrected chi connectivity index (χ2v) is 3.99. The molecule has 0 fully saturated rings. The first-order valence-electron chi connectivity index (χ1n) is 4.78. The molecule has 0 bridgehead atoms. The van der Waals surface area contributed by atoms with Crippen molar-refractivity contribution < 1.29 is 0 Å². The van der Waals surface area contributed by atoms with Crippen molar-refractivity contribution >= 4 is 35.2 Å². The molecule has 0 amide bonds. The summed E-state index contributed by atoms with van der Waals surface area (Å²) in [5.74, 6) is 0.521. The summed E-state index contributed by atoms with van der Waals surface area (Å²) in [7, 11) is 0. The number of hydrazone groups is 1. The lowest BCUT2D eigenvalue weighted by Gasteiger charge is -1.97. The van der Waals surface area contributed by atoms with E-state index in [1.807, 2.05) is 12.1 Å². The van der Waals surface area contributed by atoms with Crippen LogP contribution in [0, 0.1) is 0 Å². The monoisotopic (exact) mass is 266 g/mol. The predicted octanol–water partition coefficient (Wildman–Crippen LogP) is 3.23. The van der Waals surface area contributed by atoms with E-state index in [0.29, 0.717) is 16.0 Å². The fraction of sp³-hybridized carbons (Fsp3) is 0. The van der Waals surface area contributed by atoms with Crippen molar-refractivity contribution in [1.82, 2.24) is 10.2 Å². The third-order valence-corrected chi connectivity index (χ3v) is 2.31. The van der Waals surface area contributed by atoms with Gasteiger partial charge in [-0.25, -0.2) is 0 Å². The van der Waals surface area contributed by atoms with Gasteiger partial charge in [-0.3, -0.25) is 5.43 Å². The number of aromatic nitrogens is 2. The third kappa shape index (κ3) is 3.69. The normalized spacial score (nSPS) is 10.7. The van der Waals surface area contributed by atoms with E-state index >= 15 is 0 Å². The van der Waals surface area contributed by atoms with Gasteiger partial charge in [0.05, 0.1) is 6.21 Å². The van der Waals surface area contributed by atoms with E-state index in [2.05, 4.69) is 20.7 Å². The van der Waals surface area contributed by atoms with Gasteiger partial charge in [-0.1, -0.05) is 35.3 Å². The highest BCUT2D eigenvalue weighted by Gasteiger charge is 1.93. The Morgan fingerprint density at radius 2 is 2.00 bits per heavy atom. The summed E-state index contributed by atoms with van der Waals surface area (Å²) >= 11 is 11.4. The van der Waals surface area contributed by atoms with Crippen LogP contribution in [0.5, 0.6) is 0 Å². The molecule has 0 radical (unpaired) electrons. The molecule has 0 spiro atoms. The Kier molecular flexibility index (Phi) is 3.90. The van der Waals surface area contributed by atoms with Crippen molar-refractivity contribution in [2.24, 2.45) is 5.10 Å². The maximum absolute atomic E-state index is 5.84. The lowest BCUT2D eigenvalue weighted by molar-refractivity contribution is 1.02. The molecule has 0 aliphatic heterocycles. The minimum absolute atomic E-state index is 0.342. The Bertz CT molecular complexity index is 525. The molecule has 0 aliphatic rings. The zero-order valence-corrected chi connectivity index (χ0v) is 10.2. The van der Waals surface area contributed by atoms with Gasteiger partial charge in [-0.05, 0) is 29.8 Å². The second kappa shape index (κ2) is 5.61. The molecule has 4 nitrogen and oxygen atoms in total. The maximum atomic E-state index is 5.84. The van der Waals surface area contributed by atoms with E-state index < -0.39 is 0 Å². The largest absolute Gasteiger partial charge is 0.260 e. The summed E-state index contributed by atoms with van der Waals surface area (Å²) in [6, 6.07) is 10.7. The molecule has 0 saturated carbocycles. The highest BCUT2D eigenvalue weighted by Crippen LogP contribution is 2.09. The average molecular weight is 267 g/mol. The van der Waals surface area contributed by atoms with Crippen LogP contribution in [0.4, 0.5) is 5.82 Å². The molecule has 0 unspecified atom stereocenters. The number of rotatable bonds is 3. The van der Waals surface area contributed by atoms with Gasteiger partial charge in [-0.2, -0.15) is 5.10 Å². The molecular weight excluding hydrogens is 259 g/mol. The number of hydrogen-bond acceptors (Lipinski definition) is 4. The van der Waals surface area contributed by atoms with Gasteiger partial charge in [0.1, 0.15) is 0 Å². The zero-order chi connectivity index (χ0) is 12.1. The Balaban J connectivity index is 2.00. The zero-order valence-electron chi connectivity index (χ0n) is 8.64. The topological polar surface area (TPSA) is 50.2 Å². The summed E-state index contributed by atoms with van der Waals surface area (Å²) < 4.78 is 0. The Morgan fingerprint density at radius 1 is 1.12 bits per heavy atom. The first-order valence-corrected chi connectivity index (χ1v) is 5.53. The summed E-state index contributed by atoms with van der Waals surface area (Å²) in [6.45, 7) is 0. The van der Waals surface area contributed by atoms with Gasteiger partial charge < -0.3 is 0 Å². The number of benzene rings is 1. The Hall–Kier alpha value is -1.65. The first-order chi connectivity index (χ1) is 8.24. The van der Waals surface area contributed by atoms with Crippen molar-refractivity contribution in [3.63, 3.8) is 0 Å². The van der Waals surface area contributed by atoms with Crippen LogP contribution in [-0.2, 0) is 0 Å². The maximum Gasteiger partial charge on any atom is 0.168 e. The van der Waals surface area contributed by atoms with Crippen LogP contribution in [0.1, 0.15) is 5.56 Å². The Labute approximate surface area is 108 Å². The van der Waals surface area contributed by atoms with Crippen molar-refractivity contribution in [2.75, 3.05) is 5.43 Å². The third-order valence-electron chi connectivity index (χ3n) is 1.87. The van der Waals surface area contributed by atoms with E-state index in [0.717, 1.165) is 5.56 Å². The molecule has 1 heterocycles. The van der Waals surface area contributed by atoms with Crippen LogP contribution >= 0.6 is 23.2 Å². The molecule has 0 atom stereocenters. The van der Waals surface area contributed by atoms with Crippen LogP contribution in [0.3, 0.4) is 0 Å². The average Bonchev–Trinajstić information content (AvgIpc) is 2.32. The smallest absolute Gasteiger partial charge is 0.168 e. The molecule has 2 aromatic rings. The second-order valence-electron chi connectivity index (χ2n) is 3.17. The van der Waals surface area contributed by atoms with E-state index in [1.165, 1.54) is 0 Å². The number of hydrogen-bond donors (Lipinski definition) is 1. The van der Waals surface area contributed by atoms with Crippen molar-refractivity contribution in [3.05, 3.63) is 52.1 Å². The minimum Gasteiger partial charge on any atom is -0.260 e. The molecule has 17 heavy (non-hydrogen) atoms. The molecule has 86 valence electrons. The van der Waals surface area contributed by atoms with Crippen molar-refractivity contribution in [1.29, 1.82) is 0 Å². The molecule has 1 aromatic carbocycles. The molecule has 1 N–H and O–H groups in total. The minimum atomic E-state index is 0.342. The summed E-state index contributed by atoms with van der Waals surface area (Å²) in [5.41, 5.74) is 3.63. The number of halogens is 2. The molecule has 0 aliphatic carbocycles. The highest BCUT2D eigenvalue weighted by atomic mass is 35.5. The van der Waals surface area contributed by atoms with E-state index in [4.69, 9.17) is 23.2 Å². The molecular formula is C11H8Cl2N4. The van der Waals surface area contributed by atoms with E-state index in [-0.39, 0.29) is 0 Å². The summed E-state index contributed by atoms with van der Waals surface area (Å²) in [4.78, 5) is 0. The Morgan fingerprint density at radius 3 is 2.71 bits per heavy atom. The molecule has 2 rings (SSSR count). The molecule has 1 aromatic heterocycles. The van der Waals surface area contributed by atoms with E-state index in [1.54, 1.807) is 30.5 Å². The standard InChI is InChI=1S/C11H8Cl2N4/c12-9-3-1-2-8(6-9)7-14-16-11-5-4-10(13)15-17-11/h1-7H,(H,16,17)/b14-7+. The van der Waals surface area contributed by atoms with Gasteiger partial charge in [-0.15, -0.1) is 10.2 Å². The van der Waals surface area contributed by atoms with Gasteiger partial charge in [0.15, 0.2) is 11.0 Å². The van der Waals surface area contributed by atoms with Crippen molar-refractivity contribution in [3.8, 4) is 0 Å². The highest BCUT2D eigenvalue weighted by molar-refractivity contribution is 6.30. The first kappa shape index (κ1) is 11.8. The van der Waals surface area contributed by atoms with Crippen LogP contribution in [-0.4, -0.2) is 16.4 Å². The number of anilines is 1. The van der Waals surface area contributed by atoms with Gasteiger partial charge in [0.2, 0.25) is 0 Å². The molecule has 0 saturated heterocycles.